The summed E-state index contributed by atoms with van der Waals surface area (Å²) in [6.45, 7) is 5.52. The van der Waals surface area contributed by atoms with Crippen LogP contribution >= 0.6 is 23.1 Å². The molecular formula is C22H17N5O3S2. The van der Waals surface area contributed by atoms with Crippen LogP contribution in [0, 0.1) is 20.8 Å². The predicted molar refractivity (Wildman–Crippen MR) is 122 cm³/mol. The molecular weight excluding hydrogens is 446 g/mol. The summed E-state index contributed by atoms with van der Waals surface area (Å²) in [6.07, 6.45) is 0. The van der Waals surface area contributed by atoms with E-state index in [9.17, 15) is 4.79 Å². The molecule has 0 radical (unpaired) electrons. The zero-order valence-electron chi connectivity index (χ0n) is 17.4. The second kappa shape index (κ2) is 8.21. The number of nitrogens with one attached hydrogen (secondary N) is 1. The summed E-state index contributed by atoms with van der Waals surface area (Å²) in [5, 5.41) is 15.4. The van der Waals surface area contributed by atoms with Crippen LogP contribution in [0.1, 0.15) is 27.6 Å². The summed E-state index contributed by atoms with van der Waals surface area (Å²) >= 11 is 3.00. The van der Waals surface area contributed by atoms with Crippen molar-refractivity contribution in [2.45, 2.75) is 30.0 Å². The molecule has 1 aromatic carbocycles. The van der Waals surface area contributed by atoms with Crippen molar-refractivity contribution in [2.75, 3.05) is 5.32 Å². The van der Waals surface area contributed by atoms with E-state index in [0.717, 1.165) is 26.3 Å². The molecule has 1 N–H and O–H groups in total. The Morgan fingerprint density at radius 2 is 1.94 bits per heavy atom. The Labute approximate surface area is 191 Å². The molecule has 0 aliphatic rings. The van der Waals surface area contributed by atoms with Crippen molar-refractivity contribution in [3.05, 3.63) is 64.7 Å². The number of rotatable bonds is 5. The minimum absolute atomic E-state index is 0.271. The van der Waals surface area contributed by atoms with E-state index in [-0.39, 0.29) is 5.91 Å². The van der Waals surface area contributed by atoms with Crippen molar-refractivity contribution in [1.29, 1.82) is 0 Å². The number of aromatic nitrogens is 4. The fourth-order valence-corrected chi connectivity index (χ4v) is 4.86. The van der Waals surface area contributed by atoms with Crippen LogP contribution in [0.15, 0.2) is 60.1 Å². The maximum atomic E-state index is 13.2. The zero-order chi connectivity index (χ0) is 22.2. The average Bonchev–Trinajstić information content (AvgIpc) is 3.50. The maximum absolute atomic E-state index is 13.2. The van der Waals surface area contributed by atoms with Crippen LogP contribution in [-0.4, -0.2) is 26.2 Å². The van der Waals surface area contributed by atoms with Gasteiger partial charge in [0.2, 0.25) is 0 Å². The molecule has 5 rings (SSSR count). The molecule has 0 saturated heterocycles. The number of benzene rings is 1. The molecule has 4 heterocycles. The van der Waals surface area contributed by atoms with Crippen molar-refractivity contribution in [3.8, 4) is 11.3 Å². The highest BCUT2D eigenvalue weighted by atomic mass is 32.2. The third kappa shape index (κ3) is 3.90. The lowest BCUT2D eigenvalue weighted by Gasteiger charge is -2.08. The van der Waals surface area contributed by atoms with Crippen LogP contribution in [0.5, 0.6) is 0 Å². The molecule has 10 heteroatoms. The van der Waals surface area contributed by atoms with Gasteiger partial charge in [0, 0.05) is 16.1 Å². The van der Waals surface area contributed by atoms with Crippen molar-refractivity contribution >= 4 is 45.8 Å². The van der Waals surface area contributed by atoms with Crippen molar-refractivity contribution in [2.24, 2.45) is 0 Å². The van der Waals surface area contributed by atoms with Crippen LogP contribution in [0.2, 0.25) is 0 Å². The van der Waals surface area contributed by atoms with Crippen molar-refractivity contribution in [3.63, 3.8) is 0 Å². The van der Waals surface area contributed by atoms with Gasteiger partial charge in [-0.1, -0.05) is 28.3 Å². The fourth-order valence-electron chi connectivity index (χ4n) is 3.41. The molecule has 5 aromatic rings. The van der Waals surface area contributed by atoms with Crippen LogP contribution in [0.25, 0.3) is 22.4 Å². The first-order valence-corrected chi connectivity index (χ1v) is 11.4. The lowest BCUT2D eigenvalue weighted by atomic mass is 10.1. The average molecular weight is 464 g/mol. The second-order valence-corrected chi connectivity index (χ2v) is 9.27. The molecule has 32 heavy (non-hydrogen) atoms. The predicted octanol–water partition coefficient (Wildman–Crippen LogP) is 5.66. The minimum Gasteiger partial charge on any atom is -0.466 e. The number of hydrogen-bond acceptors (Lipinski definition) is 9. The molecule has 0 spiro atoms. The molecule has 0 aliphatic heterocycles. The Kier molecular flexibility index (Phi) is 5.24. The Hall–Kier alpha value is -3.50. The summed E-state index contributed by atoms with van der Waals surface area (Å²) < 4.78 is 11.9. The number of amides is 1. The number of aryl methyl sites for hydroxylation is 3. The molecule has 8 nitrogen and oxygen atoms in total. The van der Waals surface area contributed by atoms with E-state index < -0.39 is 0 Å². The molecule has 0 bridgehead atoms. The number of hydrogen-bond donors (Lipinski definition) is 1. The number of fused-ring (bicyclic) bond motifs is 1. The summed E-state index contributed by atoms with van der Waals surface area (Å²) in [7, 11) is 0. The number of carbonyl (C=O) groups excluding carboxylic acids is 1. The number of anilines is 1. The van der Waals surface area contributed by atoms with Gasteiger partial charge in [-0.15, -0.1) is 10.2 Å². The first-order valence-electron chi connectivity index (χ1n) is 9.68. The van der Waals surface area contributed by atoms with Gasteiger partial charge in [0.25, 0.3) is 11.6 Å². The van der Waals surface area contributed by atoms with Gasteiger partial charge in [-0.2, -0.15) is 0 Å². The van der Waals surface area contributed by atoms with Gasteiger partial charge in [-0.3, -0.25) is 4.79 Å². The third-order valence-corrected chi connectivity index (χ3v) is 6.62. The van der Waals surface area contributed by atoms with Crippen molar-refractivity contribution < 1.29 is 13.7 Å². The monoisotopic (exact) mass is 463 g/mol. The smallest absolute Gasteiger partial charge is 0.259 e. The number of carbonyl (C=O) groups is 1. The largest absolute Gasteiger partial charge is 0.466 e. The van der Waals surface area contributed by atoms with Gasteiger partial charge in [0.05, 0.1) is 22.3 Å². The first-order chi connectivity index (χ1) is 15.5. The molecule has 1 amide bonds. The van der Waals surface area contributed by atoms with Crippen LogP contribution < -0.4 is 5.32 Å². The van der Waals surface area contributed by atoms with E-state index in [4.69, 9.17) is 8.94 Å². The Morgan fingerprint density at radius 1 is 1.12 bits per heavy atom. The lowest BCUT2D eigenvalue weighted by molar-refractivity contribution is 0.102. The van der Waals surface area contributed by atoms with Gasteiger partial charge in [-0.05, 0) is 57.2 Å². The first kappa shape index (κ1) is 20.4. The molecule has 0 aliphatic carbocycles. The van der Waals surface area contributed by atoms with E-state index in [1.54, 1.807) is 18.5 Å². The minimum atomic E-state index is -0.271. The number of nitrogens with zero attached hydrogens (tertiary/aromatic N) is 4. The second-order valence-electron chi connectivity index (χ2n) is 7.12. The maximum Gasteiger partial charge on any atom is 0.259 e. The zero-order valence-corrected chi connectivity index (χ0v) is 19.0. The lowest BCUT2D eigenvalue weighted by Crippen LogP contribution is -2.13. The van der Waals surface area contributed by atoms with E-state index >= 15 is 0 Å². The van der Waals surface area contributed by atoms with E-state index in [0.29, 0.717) is 33.7 Å². The van der Waals surface area contributed by atoms with Crippen LogP contribution in [0.4, 0.5) is 5.69 Å². The molecule has 160 valence electrons. The van der Waals surface area contributed by atoms with E-state index in [2.05, 4.69) is 25.7 Å². The molecule has 0 atom stereocenters. The molecule has 0 fully saturated rings. The molecule has 0 unspecified atom stereocenters. The summed E-state index contributed by atoms with van der Waals surface area (Å²) in [4.78, 5) is 18.8. The quantitative estimate of drug-likeness (QED) is 0.356. The SMILES string of the molecule is Cc1cc(-c2cc(C(=O)Nc3ccc(Sc4nncs4)cc3)c3c(C)noc3n2)c(C)o1. The van der Waals surface area contributed by atoms with E-state index in [1.165, 1.54) is 23.1 Å². The fraction of sp³-hybridized carbons (Fsp3) is 0.136. The topological polar surface area (TPSA) is 107 Å². The van der Waals surface area contributed by atoms with Crippen molar-refractivity contribution in [1.82, 2.24) is 20.3 Å². The normalized spacial score (nSPS) is 11.2. The number of furan rings is 1. The standard InChI is InChI=1S/C22H17N5O3S2/c1-11-8-16(13(3)29-11)18-9-17(19-12(2)27-30-21(19)25-18)20(28)24-14-4-6-15(7-5-14)32-22-26-23-10-31-22/h4-10H,1-3H3,(H,24,28). The highest BCUT2D eigenvalue weighted by Crippen LogP contribution is 2.32. The van der Waals surface area contributed by atoms with Crippen LogP contribution in [0.3, 0.4) is 0 Å². The van der Waals surface area contributed by atoms with E-state index in [1.807, 2.05) is 44.2 Å². The molecule has 4 aromatic heterocycles. The summed E-state index contributed by atoms with van der Waals surface area (Å²) in [5.74, 6) is 1.22. The van der Waals surface area contributed by atoms with Gasteiger partial charge in [0.1, 0.15) is 17.0 Å². The van der Waals surface area contributed by atoms with Crippen LogP contribution in [-0.2, 0) is 0 Å². The van der Waals surface area contributed by atoms with Gasteiger partial charge < -0.3 is 14.3 Å². The highest BCUT2D eigenvalue weighted by molar-refractivity contribution is 8.01. The highest BCUT2D eigenvalue weighted by Gasteiger charge is 2.21. The van der Waals surface area contributed by atoms with Gasteiger partial charge in [-0.25, -0.2) is 4.98 Å². The Morgan fingerprint density at radius 3 is 2.62 bits per heavy atom. The Balaban J connectivity index is 1.46. The third-order valence-electron chi connectivity index (χ3n) is 4.84. The number of pyridine rings is 1. The molecule has 0 saturated carbocycles. The Bertz CT molecular complexity index is 1420. The van der Waals surface area contributed by atoms with Gasteiger partial charge in [0.15, 0.2) is 4.34 Å². The summed E-state index contributed by atoms with van der Waals surface area (Å²) in [5.41, 5.74) is 5.13. The van der Waals surface area contributed by atoms with Gasteiger partial charge >= 0.3 is 0 Å². The summed E-state index contributed by atoms with van der Waals surface area (Å²) in [6, 6.07) is 11.2.